The SMILES string of the molecule is NC(N)=NCCCC(NC(=O)C(Cc1ccccc1)NC(=O)C(N)CS)C(=O)NC(Cc1c[nH]c2ccccc12)C(=O)O. The Morgan fingerprint density at radius 1 is 0.860 bits per heavy atom. The molecule has 3 rings (SSSR count). The predicted octanol–water partition coefficient (Wildman–Crippen LogP) is -0.197. The number of H-pyrrole nitrogens is 1. The van der Waals surface area contributed by atoms with Gasteiger partial charge >= 0.3 is 5.97 Å². The molecule has 0 saturated carbocycles. The van der Waals surface area contributed by atoms with E-state index in [4.69, 9.17) is 17.2 Å². The Morgan fingerprint density at radius 2 is 1.49 bits per heavy atom. The van der Waals surface area contributed by atoms with Crippen molar-refractivity contribution in [1.29, 1.82) is 0 Å². The zero-order chi connectivity index (χ0) is 31.4. The molecule has 11 N–H and O–H groups in total. The van der Waals surface area contributed by atoms with Crippen LogP contribution in [0.25, 0.3) is 10.9 Å². The van der Waals surface area contributed by atoms with Gasteiger partial charge in [-0.15, -0.1) is 0 Å². The van der Waals surface area contributed by atoms with Crippen LogP contribution in [0.3, 0.4) is 0 Å². The molecule has 43 heavy (non-hydrogen) atoms. The Hall–Kier alpha value is -4.56. The normalized spacial score (nSPS) is 13.7. The number of hydrogen-bond acceptors (Lipinski definition) is 7. The fourth-order valence-electron chi connectivity index (χ4n) is 4.46. The number of hydrogen-bond donors (Lipinski definition) is 9. The van der Waals surface area contributed by atoms with Crippen LogP contribution < -0.4 is 33.2 Å². The molecule has 3 aromatic rings. The van der Waals surface area contributed by atoms with Crippen molar-refractivity contribution in [3.05, 3.63) is 71.9 Å². The van der Waals surface area contributed by atoms with Crippen molar-refractivity contribution in [3.8, 4) is 0 Å². The fraction of sp³-hybridized carbons (Fsp3) is 0.345. The number of guanidine groups is 1. The molecule has 3 amide bonds. The number of para-hydroxylation sites is 1. The van der Waals surface area contributed by atoms with Gasteiger partial charge in [-0.2, -0.15) is 12.6 Å². The van der Waals surface area contributed by atoms with Gasteiger partial charge in [0.1, 0.15) is 18.1 Å². The molecule has 13 nitrogen and oxygen atoms in total. The first-order chi connectivity index (χ1) is 20.6. The molecule has 230 valence electrons. The van der Waals surface area contributed by atoms with Gasteiger partial charge in [-0.05, 0) is 30.0 Å². The van der Waals surface area contributed by atoms with Gasteiger partial charge in [-0.25, -0.2) is 4.79 Å². The number of carbonyl (C=O) groups excluding carboxylic acids is 3. The summed E-state index contributed by atoms with van der Waals surface area (Å²) >= 11 is 4.05. The molecule has 0 aliphatic carbocycles. The lowest BCUT2D eigenvalue weighted by atomic mass is 10.0. The highest BCUT2D eigenvalue weighted by molar-refractivity contribution is 7.80. The van der Waals surface area contributed by atoms with E-state index in [9.17, 15) is 24.3 Å². The molecule has 0 aliphatic heterocycles. The van der Waals surface area contributed by atoms with E-state index in [2.05, 4.69) is 38.6 Å². The summed E-state index contributed by atoms with van der Waals surface area (Å²) in [6, 6.07) is 12.0. The molecule has 0 fully saturated rings. The number of nitrogens with zero attached hydrogens (tertiary/aromatic N) is 1. The van der Waals surface area contributed by atoms with Gasteiger partial charge in [0.15, 0.2) is 5.96 Å². The van der Waals surface area contributed by atoms with E-state index in [-0.39, 0.29) is 37.5 Å². The summed E-state index contributed by atoms with van der Waals surface area (Å²) < 4.78 is 0. The number of nitrogens with one attached hydrogen (secondary N) is 4. The standard InChI is InChI=1S/C29H38N8O5S/c30-20(16-43)25(38)36-23(13-17-7-2-1-3-8-17)27(40)35-22(11-6-12-33-29(31)32)26(39)37-24(28(41)42)14-18-15-34-21-10-5-4-9-19(18)21/h1-5,7-10,15,20,22-24,34,43H,6,11-14,16,30H2,(H,35,40)(H,36,38)(H,37,39)(H,41,42)(H4,31,32,33). The van der Waals surface area contributed by atoms with Crippen LogP contribution in [0.1, 0.15) is 24.0 Å². The molecule has 2 aromatic carbocycles. The van der Waals surface area contributed by atoms with Crippen LogP contribution in [0, 0.1) is 0 Å². The number of benzene rings is 2. The number of carboxylic acid groups (broad SMARTS) is 1. The second kappa shape index (κ2) is 16.2. The van der Waals surface area contributed by atoms with Crippen molar-refractivity contribution in [3.63, 3.8) is 0 Å². The summed E-state index contributed by atoms with van der Waals surface area (Å²) in [6.45, 7) is 0.181. The van der Waals surface area contributed by atoms with Crippen molar-refractivity contribution >= 4 is 53.2 Å². The number of carbonyl (C=O) groups is 4. The van der Waals surface area contributed by atoms with Gasteiger partial charge in [0, 0.05) is 42.2 Å². The van der Waals surface area contributed by atoms with Crippen molar-refractivity contribution in [2.24, 2.45) is 22.2 Å². The van der Waals surface area contributed by atoms with E-state index in [0.717, 1.165) is 16.5 Å². The molecule has 14 heteroatoms. The van der Waals surface area contributed by atoms with Crippen LogP contribution in [0.5, 0.6) is 0 Å². The van der Waals surface area contributed by atoms with Crippen LogP contribution in [-0.4, -0.2) is 76.2 Å². The number of carboxylic acids is 1. The lowest BCUT2D eigenvalue weighted by molar-refractivity contribution is -0.142. The molecular formula is C29H38N8O5S. The summed E-state index contributed by atoms with van der Waals surface area (Å²) in [6.07, 6.45) is 2.23. The number of aromatic amines is 1. The van der Waals surface area contributed by atoms with Crippen LogP contribution in [-0.2, 0) is 32.0 Å². The molecule has 0 bridgehead atoms. The van der Waals surface area contributed by atoms with Crippen LogP contribution >= 0.6 is 12.6 Å². The minimum absolute atomic E-state index is 0.00800. The third-order valence-electron chi connectivity index (χ3n) is 6.74. The molecule has 0 spiro atoms. The number of aromatic nitrogens is 1. The van der Waals surface area contributed by atoms with Crippen molar-refractivity contribution in [1.82, 2.24) is 20.9 Å². The number of fused-ring (bicyclic) bond motifs is 1. The monoisotopic (exact) mass is 610 g/mol. The van der Waals surface area contributed by atoms with E-state index < -0.39 is 47.9 Å². The highest BCUT2D eigenvalue weighted by Crippen LogP contribution is 2.19. The van der Waals surface area contributed by atoms with Crippen molar-refractivity contribution in [2.45, 2.75) is 49.9 Å². The second-order valence-corrected chi connectivity index (χ2v) is 10.4. The maximum atomic E-state index is 13.5. The molecule has 4 unspecified atom stereocenters. The Labute approximate surface area is 254 Å². The molecule has 0 radical (unpaired) electrons. The summed E-state index contributed by atoms with van der Waals surface area (Å²) in [5, 5.41) is 18.7. The first-order valence-electron chi connectivity index (χ1n) is 13.7. The maximum absolute atomic E-state index is 13.5. The average Bonchev–Trinajstić information content (AvgIpc) is 3.40. The van der Waals surface area contributed by atoms with Gasteiger partial charge in [0.2, 0.25) is 17.7 Å². The first-order valence-corrected chi connectivity index (χ1v) is 14.4. The van der Waals surface area contributed by atoms with E-state index in [0.29, 0.717) is 12.0 Å². The van der Waals surface area contributed by atoms with Crippen molar-refractivity contribution in [2.75, 3.05) is 12.3 Å². The molecule has 1 aromatic heterocycles. The lowest BCUT2D eigenvalue weighted by Crippen LogP contribution is -2.58. The number of aliphatic imine (C=N–C) groups is 1. The van der Waals surface area contributed by atoms with E-state index >= 15 is 0 Å². The number of aliphatic carboxylic acids is 1. The summed E-state index contributed by atoms with van der Waals surface area (Å²) in [5.41, 5.74) is 18.9. The van der Waals surface area contributed by atoms with E-state index in [1.165, 1.54) is 0 Å². The molecular weight excluding hydrogens is 572 g/mol. The van der Waals surface area contributed by atoms with Crippen LogP contribution in [0.2, 0.25) is 0 Å². The van der Waals surface area contributed by atoms with E-state index in [1.54, 1.807) is 30.5 Å². The molecule has 0 aliphatic rings. The zero-order valence-electron chi connectivity index (χ0n) is 23.5. The Bertz CT molecular complexity index is 1430. The molecule has 0 saturated heterocycles. The summed E-state index contributed by atoms with van der Waals surface area (Å²) in [4.78, 5) is 58.8. The Morgan fingerprint density at radius 3 is 2.16 bits per heavy atom. The first kappa shape index (κ1) is 32.9. The summed E-state index contributed by atoms with van der Waals surface area (Å²) in [5.74, 6) is -3.23. The number of thiol groups is 1. The minimum Gasteiger partial charge on any atom is -0.480 e. The van der Waals surface area contributed by atoms with Gasteiger partial charge in [-0.1, -0.05) is 48.5 Å². The van der Waals surface area contributed by atoms with Gasteiger partial charge in [0.05, 0.1) is 6.04 Å². The highest BCUT2D eigenvalue weighted by Gasteiger charge is 2.30. The van der Waals surface area contributed by atoms with Gasteiger partial charge in [-0.3, -0.25) is 19.4 Å². The fourth-order valence-corrected chi connectivity index (χ4v) is 4.62. The number of rotatable bonds is 16. The van der Waals surface area contributed by atoms with Gasteiger partial charge < -0.3 is 43.2 Å². The maximum Gasteiger partial charge on any atom is 0.326 e. The smallest absolute Gasteiger partial charge is 0.326 e. The molecule has 4 atom stereocenters. The third-order valence-corrected chi connectivity index (χ3v) is 7.13. The Balaban J connectivity index is 1.80. The van der Waals surface area contributed by atoms with Gasteiger partial charge in [0.25, 0.3) is 0 Å². The number of amides is 3. The average molecular weight is 611 g/mol. The predicted molar refractivity (Wildman–Crippen MR) is 167 cm³/mol. The van der Waals surface area contributed by atoms with Crippen molar-refractivity contribution < 1.29 is 24.3 Å². The second-order valence-electron chi connectivity index (χ2n) is 10.0. The quantitative estimate of drug-likeness (QED) is 0.0455. The highest BCUT2D eigenvalue weighted by atomic mass is 32.1. The van der Waals surface area contributed by atoms with Crippen LogP contribution in [0.4, 0.5) is 0 Å². The van der Waals surface area contributed by atoms with E-state index in [1.807, 2.05) is 30.3 Å². The zero-order valence-corrected chi connectivity index (χ0v) is 24.4. The third kappa shape index (κ3) is 10.0. The number of nitrogens with two attached hydrogens (primary N) is 3. The molecule has 1 heterocycles. The largest absolute Gasteiger partial charge is 0.480 e. The Kier molecular flexibility index (Phi) is 12.4. The van der Waals surface area contributed by atoms with Crippen LogP contribution in [0.15, 0.2) is 65.8 Å². The lowest BCUT2D eigenvalue weighted by Gasteiger charge is -2.25. The topological polar surface area (TPSA) is 231 Å². The minimum atomic E-state index is -1.28. The summed E-state index contributed by atoms with van der Waals surface area (Å²) in [7, 11) is 0.